The van der Waals surface area contributed by atoms with Crippen molar-refractivity contribution in [2.45, 2.75) is 69.2 Å². The van der Waals surface area contributed by atoms with Gasteiger partial charge in [-0.2, -0.15) is 11.8 Å². The highest BCUT2D eigenvalue weighted by Gasteiger charge is 2.34. The molecule has 6 heteroatoms. The zero-order valence-corrected chi connectivity index (χ0v) is 13.4. The van der Waals surface area contributed by atoms with Gasteiger partial charge < -0.3 is 15.7 Å². The Bertz CT molecular complexity index is 343. The molecule has 20 heavy (non-hydrogen) atoms. The third kappa shape index (κ3) is 4.89. The molecule has 2 amide bonds. The van der Waals surface area contributed by atoms with Gasteiger partial charge in [0.05, 0.1) is 0 Å². The first kappa shape index (κ1) is 17.1. The lowest BCUT2D eigenvalue weighted by Gasteiger charge is -2.30. The van der Waals surface area contributed by atoms with Gasteiger partial charge in [-0.3, -0.25) is 0 Å². The molecule has 0 saturated heterocycles. The van der Waals surface area contributed by atoms with Gasteiger partial charge in [-0.05, 0) is 45.3 Å². The van der Waals surface area contributed by atoms with Gasteiger partial charge >= 0.3 is 12.0 Å². The molecule has 3 N–H and O–H groups in total. The van der Waals surface area contributed by atoms with E-state index in [1.165, 1.54) is 0 Å². The van der Waals surface area contributed by atoms with E-state index in [0.29, 0.717) is 18.1 Å². The molecule has 0 aromatic carbocycles. The summed E-state index contributed by atoms with van der Waals surface area (Å²) in [6, 6.07) is -0.200. The molecule has 116 valence electrons. The van der Waals surface area contributed by atoms with Gasteiger partial charge in [-0.1, -0.05) is 13.3 Å². The molecule has 1 rings (SSSR count). The van der Waals surface area contributed by atoms with Crippen molar-refractivity contribution in [2.75, 3.05) is 6.26 Å². The van der Waals surface area contributed by atoms with Crippen LogP contribution in [0, 0.1) is 0 Å². The second-order valence-electron chi connectivity index (χ2n) is 5.70. The lowest BCUT2D eigenvalue weighted by molar-refractivity contribution is -0.144. The SMILES string of the molecule is CCCC(C)(NC(=O)NC1CCC(SC)CC1)C(=O)O. The second kappa shape index (κ2) is 7.76. The van der Waals surface area contributed by atoms with Crippen LogP contribution in [-0.2, 0) is 4.79 Å². The molecule has 0 radical (unpaired) electrons. The van der Waals surface area contributed by atoms with Crippen molar-refractivity contribution in [1.82, 2.24) is 10.6 Å². The number of carbonyl (C=O) groups excluding carboxylic acids is 1. The third-order valence-electron chi connectivity index (χ3n) is 3.95. The molecule has 1 unspecified atom stereocenters. The smallest absolute Gasteiger partial charge is 0.329 e. The first-order chi connectivity index (χ1) is 9.41. The van der Waals surface area contributed by atoms with Gasteiger partial charge in [0.25, 0.3) is 0 Å². The fourth-order valence-corrected chi connectivity index (χ4v) is 3.38. The maximum absolute atomic E-state index is 12.0. The number of hydrogen-bond donors (Lipinski definition) is 3. The van der Waals surface area contributed by atoms with Crippen LogP contribution in [0.25, 0.3) is 0 Å². The number of rotatable bonds is 6. The van der Waals surface area contributed by atoms with Gasteiger partial charge in [-0.15, -0.1) is 0 Å². The van der Waals surface area contributed by atoms with Crippen molar-refractivity contribution < 1.29 is 14.7 Å². The molecule has 1 aliphatic rings. The van der Waals surface area contributed by atoms with Crippen molar-refractivity contribution in [2.24, 2.45) is 0 Å². The molecule has 1 fully saturated rings. The summed E-state index contributed by atoms with van der Waals surface area (Å²) in [6.45, 7) is 3.47. The Morgan fingerprint density at radius 1 is 1.30 bits per heavy atom. The molecule has 0 spiro atoms. The lowest BCUT2D eigenvalue weighted by Crippen LogP contribution is -2.56. The van der Waals surface area contributed by atoms with Gasteiger partial charge in [0, 0.05) is 11.3 Å². The summed E-state index contributed by atoms with van der Waals surface area (Å²) in [4.78, 5) is 23.2. The number of carboxylic acids is 1. The van der Waals surface area contributed by atoms with Crippen molar-refractivity contribution in [3.63, 3.8) is 0 Å². The van der Waals surface area contributed by atoms with Gasteiger partial charge in [-0.25, -0.2) is 9.59 Å². The number of urea groups is 1. The average molecular weight is 302 g/mol. The highest BCUT2D eigenvalue weighted by molar-refractivity contribution is 7.99. The van der Waals surface area contributed by atoms with Crippen LogP contribution in [-0.4, -0.2) is 40.2 Å². The normalized spacial score (nSPS) is 25.6. The van der Waals surface area contributed by atoms with Crippen LogP contribution in [0.2, 0.25) is 0 Å². The van der Waals surface area contributed by atoms with E-state index in [4.69, 9.17) is 0 Å². The van der Waals surface area contributed by atoms with Crippen molar-refractivity contribution in [1.29, 1.82) is 0 Å². The van der Waals surface area contributed by atoms with Crippen LogP contribution in [0.15, 0.2) is 0 Å². The molecule has 1 aliphatic carbocycles. The number of nitrogens with one attached hydrogen (secondary N) is 2. The summed E-state index contributed by atoms with van der Waals surface area (Å²) < 4.78 is 0. The predicted molar refractivity (Wildman–Crippen MR) is 82.2 cm³/mol. The molecule has 5 nitrogen and oxygen atoms in total. The molecule has 1 saturated carbocycles. The Morgan fingerprint density at radius 3 is 2.35 bits per heavy atom. The lowest BCUT2D eigenvalue weighted by atomic mass is 9.94. The van der Waals surface area contributed by atoms with E-state index in [-0.39, 0.29) is 12.1 Å². The van der Waals surface area contributed by atoms with Gasteiger partial charge in [0.1, 0.15) is 5.54 Å². The summed E-state index contributed by atoms with van der Waals surface area (Å²) in [5, 5.41) is 15.5. The number of carboxylic acid groups (broad SMARTS) is 1. The zero-order chi connectivity index (χ0) is 15.2. The minimum Gasteiger partial charge on any atom is -0.480 e. The Balaban J connectivity index is 2.45. The predicted octanol–water partition coefficient (Wildman–Crippen LogP) is 2.60. The molecular formula is C14H26N2O3S. The van der Waals surface area contributed by atoms with Crippen LogP contribution >= 0.6 is 11.8 Å². The minimum atomic E-state index is -1.19. The highest BCUT2D eigenvalue weighted by Crippen LogP contribution is 2.26. The van der Waals surface area contributed by atoms with Gasteiger partial charge in [0.15, 0.2) is 0 Å². The fourth-order valence-electron chi connectivity index (χ4n) is 2.64. The molecule has 0 aromatic heterocycles. The maximum Gasteiger partial charge on any atom is 0.329 e. The van der Waals surface area contributed by atoms with E-state index in [2.05, 4.69) is 16.9 Å². The summed E-state index contributed by atoms with van der Waals surface area (Å²) in [6.07, 6.45) is 7.41. The number of amides is 2. The second-order valence-corrected chi connectivity index (χ2v) is 6.83. The minimum absolute atomic E-state index is 0.165. The summed E-state index contributed by atoms with van der Waals surface area (Å²) in [7, 11) is 0. The maximum atomic E-state index is 12.0. The molecule has 1 atom stereocenters. The summed E-state index contributed by atoms with van der Waals surface area (Å²) in [5.74, 6) is -0.986. The number of hydrogen-bond acceptors (Lipinski definition) is 3. The fraction of sp³-hybridized carbons (Fsp3) is 0.857. The van der Waals surface area contributed by atoms with E-state index in [0.717, 1.165) is 25.7 Å². The molecular weight excluding hydrogens is 276 g/mol. The Kier molecular flexibility index (Phi) is 6.65. The number of aliphatic carboxylic acids is 1. The van der Waals surface area contributed by atoms with Crippen LogP contribution in [0.5, 0.6) is 0 Å². The van der Waals surface area contributed by atoms with Crippen LogP contribution < -0.4 is 10.6 Å². The van der Waals surface area contributed by atoms with Crippen molar-refractivity contribution in [3.8, 4) is 0 Å². The van der Waals surface area contributed by atoms with E-state index < -0.39 is 11.5 Å². The quantitative estimate of drug-likeness (QED) is 0.704. The Morgan fingerprint density at radius 2 is 1.90 bits per heavy atom. The highest BCUT2D eigenvalue weighted by atomic mass is 32.2. The first-order valence-electron chi connectivity index (χ1n) is 7.26. The summed E-state index contributed by atoms with van der Waals surface area (Å²) >= 11 is 1.88. The van der Waals surface area contributed by atoms with E-state index in [1.54, 1.807) is 6.92 Å². The third-order valence-corrected chi connectivity index (χ3v) is 5.09. The largest absolute Gasteiger partial charge is 0.480 e. The summed E-state index contributed by atoms with van der Waals surface area (Å²) in [5.41, 5.74) is -1.19. The van der Waals surface area contributed by atoms with Gasteiger partial charge in [0.2, 0.25) is 0 Å². The van der Waals surface area contributed by atoms with Crippen molar-refractivity contribution >= 4 is 23.8 Å². The van der Waals surface area contributed by atoms with E-state index in [1.807, 2.05) is 18.7 Å². The average Bonchev–Trinajstić information content (AvgIpc) is 2.39. The topological polar surface area (TPSA) is 78.4 Å². The molecule has 0 aliphatic heterocycles. The van der Waals surface area contributed by atoms with Crippen LogP contribution in [0.4, 0.5) is 4.79 Å². The zero-order valence-electron chi connectivity index (χ0n) is 12.6. The monoisotopic (exact) mass is 302 g/mol. The Labute approximate surface area is 125 Å². The molecule has 0 bridgehead atoms. The number of thioether (sulfide) groups is 1. The standard InChI is InChI=1S/C14H26N2O3S/c1-4-9-14(2,12(17)18)16-13(19)15-10-5-7-11(20-3)8-6-10/h10-11H,4-9H2,1-3H3,(H,17,18)(H2,15,16,19). The Hall–Kier alpha value is -0.910. The van der Waals surface area contributed by atoms with Crippen molar-refractivity contribution in [3.05, 3.63) is 0 Å². The van der Waals surface area contributed by atoms with E-state index in [9.17, 15) is 14.7 Å². The van der Waals surface area contributed by atoms with Crippen LogP contribution in [0.3, 0.4) is 0 Å². The molecule has 0 heterocycles. The first-order valence-corrected chi connectivity index (χ1v) is 8.55. The van der Waals surface area contributed by atoms with Crippen LogP contribution in [0.1, 0.15) is 52.4 Å². The van der Waals surface area contributed by atoms with E-state index >= 15 is 0 Å². The number of carbonyl (C=O) groups is 2. The molecule has 0 aromatic rings.